The van der Waals surface area contributed by atoms with Gasteiger partial charge in [-0.3, -0.25) is 0 Å². The Morgan fingerprint density at radius 2 is 2.27 bits per heavy atom. The fourth-order valence-corrected chi connectivity index (χ4v) is 1.84. The van der Waals surface area contributed by atoms with E-state index in [2.05, 4.69) is 33.2 Å². The van der Waals surface area contributed by atoms with Gasteiger partial charge in [-0.1, -0.05) is 6.07 Å². The monoisotopic (exact) mass is 316 g/mol. The molecule has 1 saturated carbocycles. The van der Waals surface area contributed by atoms with Gasteiger partial charge in [-0.05, 0) is 59.5 Å². The molecule has 2 amide bonds. The molecule has 0 radical (unpaired) electrons. The number of hydrogen-bond acceptors (Lipinski definition) is 1. The topological polar surface area (TPSA) is 41.1 Å². The SMILES string of the molecule is O=C(NCC1CC1)Nc1cccc(I)c1. The number of halogens is 1. The van der Waals surface area contributed by atoms with Gasteiger partial charge in [0.15, 0.2) is 0 Å². The van der Waals surface area contributed by atoms with Crippen LogP contribution < -0.4 is 10.6 Å². The summed E-state index contributed by atoms with van der Waals surface area (Å²) in [6.07, 6.45) is 2.51. The van der Waals surface area contributed by atoms with Crippen LogP contribution in [0.5, 0.6) is 0 Å². The molecule has 1 aromatic rings. The van der Waals surface area contributed by atoms with Crippen LogP contribution in [-0.2, 0) is 0 Å². The minimum absolute atomic E-state index is 0.107. The number of rotatable bonds is 3. The number of hydrogen-bond donors (Lipinski definition) is 2. The van der Waals surface area contributed by atoms with Crippen LogP contribution in [0.3, 0.4) is 0 Å². The molecule has 0 atom stereocenters. The number of urea groups is 1. The van der Waals surface area contributed by atoms with Gasteiger partial charge in [0.1, 0.15) is 0 Å². The molecule has 15 heavy (non-hydrogen) atoms. The van der Waals surface area contributed by atoms with Gasteiger partial charge < -0.3 is 10.6 Å². The van der Waals surface area contributed by atoms with Crippen molar-refractivity contribution in [2.45, 2.75) is 12.8 Å². The first-order chi connectivity index (χ1) is 7.24. The Bertz CT molecular complexity index is 363. The van der Waals surface area contributed by atoms with E-state index >= 15 is 0 Å². The smallest absolute Gasteiger partial charge is 0.319 e. The maximum absolute atomic E-state index is 11.4. The van der Waals surface area contributed by atoms with Crippen molar-refractivity contribution in [3.8, 4) is 0 Å². The zero-order chi connectivity index (χ0) is 10.7. The summed E-state index contributed by atoms with van der Waals surface area (Å²) in [5.74, 6) is 0.714. The highest BCUT2D eigenvalue weighted by molar-refractivity contribution is 14.1. The molecule has 0 heterocycles. The van der Waals surface area contributed by atoms with Crippen LogP contribution in [0.1, 0.15) is 12.8 Å². The summed E-state index contributed by atoms with van der Waals surface area (Å²) in [7, 11) is 0. The number of carbonyl (C=O) groups is 1. The van der Waals surface area contributed by atoms with Crippen molar-refractivity contribution in [2.75, 3.05) is 11.9 Å². The van der Waals surface area contributed by atoms with Gasteiger partial charge in [-0.25, -0.2) is 4.79 Å². The maximum Gasteiger partial charge on any atom is 0.319 e. The van der Waals surface area contributed by atoms with Crippen LogP contribution in [0.15, 0.2) is 24.3 Å². The number of carbonyl (C=O) groups excluding carboxylic acids is 1. The van der Waals surface area contributed by atoms with Crippen molar-refractivity contribution in [3.63, 3.8) is 0 Å². The number of nitrogens with one attached hydrogen (secondary N) is 2. The highest BCUT2D eigenvalue weighted by Gasteiger charge is 2.21. The molecule has 1 fully saturated rings. The second-order valence-electron chi connectivity index (χ2n) is 3.79. The Morgan fingerprint density at radius 3 is 2.93 bits per heavy atom. The lowest BCUT2D eigenvalue weighted by Gasteiger charge is -2.06. The van der Waals surface area contributed by atoms with Crippen LogP contribution in [0.25, 0.3) is 0 Å². The summed E-state index contributed by atoms with van der Waals surface area (Å²) < 4.78 is 1.12. The molecule has 0 spiro atoms. The normalized spacial score (nSPS) is 14.7. The van der Waals surface area contributed by atoms with Gasteiger partial charge in [0.05, 0.1) is 0 Å². The first kappa shape index (κ1) is 10.7. The Balaban J connectivity index is 1.81. The summed E-state index contributed by atoms with van der Waals surface area (Å²) in [5, 5.41) is 5.67. The van der Waals surface area contributed by atoms with Crippen LogP contribution in [-0.4, -0.2) is 12.6 Å². The van der Waals surface area contributed by atoms with Gasteiger partial charge >= 0.3 is 6.03 Å². The first-order valence-electron chi connectivity index (χ1n) is 5.04. The van der Waals surface area contributed by atoms with E-state index in [1.165, 1.54) is 12.8 Å². The van der Waals surface area contributed by atoms with Crippen LogP contribution in [0.2, 0.25) is 0 Å². The van der Waals surface area contributed by atoms with Crippen molar-refractivity contribution in [1.82, 2.24) is 5.32 Å². The van der Waals surface area contributed by atoms with E-state index < -0.39 is 0 Å². The van der Waals surface area contributed by atoms with E-state index in [0.29, 0.717) is 5.92 Å². The minimum atomic E-state index is -0.107. The molecular weight excluding hydrogens is 303 g/mol. The molecule has 0 aliphatic heterocycles. The third-order valence-electron chi connectivity index (χ3n) is 2.33. The number of benzene rings is 1. The molecule has 0 bridgehead atoms. The summed E-state index contributed by atoms with van der Waals surface area (Å²) in [5.41, 5.74) is 0.843. The standard InChI is InChI=1S/C11H13IN2O/c12-9-2-1-3-10(6-9)14-11(15)13-7-8-4-5-8/h1-3,6,8H,4-5,7H2,(H2,13,14,15). The largest absolute Gasteiger partial charge is 0.338 e. The van der Waals surface area contributed by atoms with E-state index in [0.717, 1.165) is 15.8 Å². The van der Waals surface area contributed by atoms with Crippen LogP contribution in [0.4, 0.5) is 10.5 Å². The molecule has 0 saturated heterocycles. The second kappa shape index (κ2) is 4.83. The molecule has 1 aliphatic carbocycles. The van der Waals surface area contributed by atoms with E-state index in [4.69, 9.17) is 0 Å². The summed E-state index contributed by atoms with van der Waals surface area (Å²) in [6, 6.07) is 7.64. The van der Waals surface area contributed by atoms with Crippen LogP contribution >= 0.6 is 22.6 Å². The molecule has 1 aliphatic rings. The van der Waals surface area contributed by atoms with Gasteiger partial charge in [0.2, 0.25) is 0 Å². The van der Waals surface area contributed by atoms with Gasteiger partial charge in [-0.15, -0.1) is 0 Å². The predicted molar refractivity (Wildman–Crippen MR) is 68.9 cm³/mol. The number of amides is 2. The minimum Gasteiger partial charge on any atom is -0.338 e. The number of anilines is 1. The molecule has 4 heteroatoms. The average Bonchev–Trinajstić information content (AvgIpc) is 2.98. The van der Waals surface area contributed by atoms with Gasteiger partial charge in [-0.2, -0.15) is 0 Å². The molecule has 3 nitrogen and oxygen atoms in total. The molecule has 1 aromatic carbocycles. The van der Waals surface area contributed by atoms with Crippen molar-refractivity contribution >= 4 is 34.3 Å². The Hall–Kier alpha value is -0.780. The van der Waals surface area contributed by atoms with E-state index in [9.17, 15) is 4.79 Å². The van der Waals surface area contributed by atoms with Gasteiger partial charge in [0.25, 0.3) is 0 Å². The van der Waals surface area contributed by atoms with Crippen LogP contribution in [0, 0.1) is 9.49 Å². The average molecular weight is 316 g/mol. The third kappa shape index (κ3) is 3.70. The van der Waals surface area contributed by atoms with Crippen molar-refractivity contribution in [2.24, 2.45) is 5.92 Å². The summed E-state index contributed by atoms with van der Waals surface area (Å²) >= 11 is 2.22. The fourth-order valence-electron chi connectivity index (χ4n) is 1.30. The van der Waals surface area contributed by atoms with E-state index in [1.807, 2.05) is 24.3 Å². The predicted octanol–water partition coefficient (Wildman–Crippen LogP) is 2.82. The molecule has 0 aromatic heterocycles. The van der Waals surface area contributed by atoms with Crippen molar-refractivity contribution in [1.29, 1.82) is 0 Å². The molecule has 0 unspecified atom stereocenters. The Labute approximate surface area is 103 Å². The highest BCUT2D eigenvalue weighted by atomic mass is 127. The van der Waals surface area contributed by atoms with Crippen molar-refractivity contribution in [3.05, 3.63) is 27.8 Å². The summed E-state index contributed by atoms with van der Waals surface area (Å²) in [4.78, 5) is 11.4. The lowest BCUT2D eigenvalue weighted by molar-refractivity contribution is 0.251. The summed E-state index contributed by atoms with van der Waals surface area (Å²) in [6.45, 7) is 0.801. The maximum atomic E-state index is 11.4. The molecule has 2 rings (SSSR count). The van der Waals surface area contributed by atoms with E-state index in [-0.39, 0.29) is 6.03 Å². The molecule has 80 valence electrons. The Kier molecular flexibility index (Phi) is 3.45. The first-order valence-corrected chi connectivity index (χ1v) is 6.12. The Morgan fingerprint density at radius 1 is 1.47 bits per heavy atom. The molecule has 2 N–H and O–H groups in total. The molecular formula is C11H13IN2O. The van der Waals surface area contributed by atoms with Crippen molar-refractivity contribution < 1.29 is 4.79 Å². The fraction of sp³-hybridized carbons (Fsp3) is 0.364. The zero-order valence-electron chi connectivity index (χ0n) is 8.29. The third-order valence-corrected chi connectivity index (χ3v) is 3.00. The zero-order valence-corrected chi connectivity index (χ0v) is 10.5. The van der Waals surface area contributed by atoms with E-state index in [1.54, 1.807) is 0 Å². The highest BCUT2D eigenvalue weighted by Crippen LogP contribution is 2.27. The lowest BCUT2D eigenvalue weighted by atomic mass is 10.3. The van der Waals surface area contributed by atoms with Gasteiger partial charge in [0, 0.05) is 15.8 Å². The quantitative estimate of drug-likeness (QED) is 0.827. The second-order valence-corrected chi connectivity index (χ2v) is 5.03. The lowest BCUT2D eigenvalue weighted by Crippen LogP contribution is -2.30.